The molecule has 16 heavy (non-hydrogen) atoms. The second-order valence-electron chi connectivity index (χ2n) is 6.08. The third kappa shape index (κ3) is 1.85. The van der Waals surface area contributed by atoms with Gasteiger partial charge in [-0.05, 0) is 49.4 Å². The normalized spacial score (nSPS) is 39.0. The molecule has 0 aromatic carbocycles. The van der Waals surface area contributed by atoms with Crippen LogP contribution in [0, 0.1) is 23.2 Å². The molecule has 3 rings (SSSR count). The molecule has 90 valence electrons. The quantitative estimate of drug-likeness (QED) is 0.500. The highest BCUT2D eigenvalue weighted by Gasteiger charge is 2.54. The third-order valence-electron chi connectivity index (χ3n) is 4.98. The molecule has 0 N–H and O–H groups in total. The average molecular weight is 219 g/mol. The summed E-state index contributed by atoms with van der Waals surface area (Å²) in [4.78, 5) is 4.81. The minimum absolute atomic E-state index is 0.585. The van der Waals surface area contributed by atoms with Crippen LogP contribution in [0.3, 0.4) is 0 Å². The first-order valence-electron chi connectivity index (χ1n) is 6.71. The summed E-state index contributed by atoms with van der Waals surface area (Å²) in [5.74, 6) is 2.53. The van der Waals surface area contributed by atoms with E-state index < -0.39 is 0 Å². The van der Waals surface area contributed by atoms with E-state index in [4.69, 9.17) is 4.99 Å². The minimum Gasteiger partial charge on any atom is -0.294 e. The average Bonchev–Trinajstić information content (AvgIpc) is 2.25. The van der Waals surface area contributed by atoms with E-state index >= 15 is 0 Å². The second-order valence-corrected chi connectivity index (χ2v) is 6.08. The molecule has 3 atom stereocenters. The molecular formula is C15H25N. The fraction of sp³-hybridized carbons (Fsp3) is 0.800. The molecule has 1 heteroatoms. The van der Waals surface area contributed by atoms with Crippen LogP contribution in [0.5, 0.6) is 0 Å². The Morgan fingerprint density at radius 2 is 2.19 bits per heavy atom. The Morgan fingerprint density at radius 1 is 1.44 bits per heavy atom. The van der Waals surface area contributed by atoms with Crippen molar-refractivity contribution in [2.75, 3.05) is 6.54 Å². The smallest absolute Gasteiger partial charge is 0.0423 e. The van der Waals surface area contributed by atoms with Gasteiger partial charge in [-0.3, -0.25) is 4.99 Å². The van der Waals surface area contributed by atoms with Crippen LogP contribution in [0.15, 0.2) is 17.1 Å². The van der Waals surface area contributed by atoms with E-state index in [2.05, 4.69) is 39.8 Å². The van der Waals surface area contributed by atoms with Gasteiger partial charge in [-0.2, -0.15) is 0 Å². The summed E-state index contributed by atoms with van der Waals surface area (Å²) in [6, 6.07) is 0. The van der Waals surface area contributed by atoms with Crippen molar-refractivity contribution < 1.29 is 0 Å². The number of hydrogen-bond donors (Lipinski definition) is 0. The standard InChI is InChI=1S/C15H25N/c1-5-6-7-8-16-14-10-12-9-13(11(14)2)15(12,3)4/h5-6,11-13H,7-10H2,1-4H3/b6-5+,16-14?. The molecule has 1 nitrogen and oxygen atoms in total. The predicted octanol–water partition coefficient (Wildman–Crippen LogP) is 4.10. The van der Waals surface area contributed by atoms with Crippen LogP contribution in [-0.4, -0.2) is 12.3 Å². The van der Waals surface area contributed by atoms with Crippen LogP contribution < -0.4 is 0 Å². The number of rotatable bonds is 3. The van der Waals surface area contributed by atoms with Crippen LogP contribution >= 0.6 is 0 Å². The van der Waals surface area contributed by atoms with Gasteiger partial charge in [0.1, 0.15) is 0 Å². The summed E-state index contributed by atoms with van der Waals surface area (Å²) in [6.45, 7) is 10.3. The largest absolute Gasteiger partial charge is 0.294 e. The zero-order valence-corrected chi connectivity index (χ0v) is 11.2. The van der Waals surface area contributed by atoms with E-state index in [1.54, 1.807) is 0 Å². The molecule has 2 bridgehead atoms. The minimum atomic E-state index is 0.585. The Hall–Kier alpha value is -0.590. The van der Waals surface area contributed by atoms with Gasteiger partial charge in [0, 0.05) is 12.3 Å². The first-order chi connectivity index (χ1) is 7.57. The Bertz CT molecular complexity index is 311. The van der Waals surface area contributed by atoms with Crippen molar-refractivity contribution >= 4 is 5.71 Å². The number of allylic oxidation sites excluding steroid dienone is 1. The van der Waals surface area contributed by atoms with E-state index in [1.807, 2.05) is 0 Å². The van der Waals surface area contributed by atoms with Crippen LogP contribution in [0.1, 0.15) is 47.0 Å². The zero-order chi connectivity index (χ0) is 11.8. The molecule has 0 heterocycles. The number of fused-ring (bicyclic) bond motifs is 2. The van der Waals surface area contributed by atoms with Crippen LogP contribution in [-0.2, 0) is 0 Å². The van der Waals surface area contributed by atoms with Gasteiger partial charge in [-0.1, -0.05) is 32.9 Å². The van der Waals surface area contributed by atoms with Gasteiger partial charge in [0.25, 0.3) is 0 Å². The summed E-state index contributed by atoms with van der Waals surface area (Å²) >= 11 is 0. The highest BCUT2D eigenvalue weighted by atomic mass is 14.8. The van der Waals surface area contributed by atoms with Crippen molar-refractivity contribution in [1.82, 2.24) is 0 Å². The summed E-state index contributed by atoms with van der Waals surface area (Å²) < 4.78 is 0. The fourth-order valence-corrected chi connectivity index (χ4v) is 3.58. The second kappa shape index (κ2) is 4.35. The monoisotopic (exact) mass is 219 g/mol. The highest BCUT2D eigenvalue weighted by molar-refractivity contribution is 5.89. The molecule has 3 aliphatic carbocycles. The fourth-order valence-electron chi connectivity index (χ4n) is 3.58. The predicted molar refractivity (Wildman–Crippen MR) is 70.9 cm³/mol. The molecule has 0 saturated heterocycles. The van der Waals surface area contributed by atoms with E-state index in [9.17, 15) is 0 Å². The van der Waals surface area contributed by atoms with E-state index in [-0.39, 0.29) is 0 Å². The summed E-state index contributed by atoms with van der Waals surface area (Å²) in [6.07, 6.45) is 8.14. The Balaban J connectivity index is 1.95. The summed E-state index contributed by atoms with van der Waals surface area (Å²) in [7, 11) is 0. The van der Waals surface area contributed by atoms with Gasteiger partial charge in [0.2, 0.25) is 0 Å². The Labute approximate surface area is 100 Å². The molecule has 3 aliphatic rings. The summed E-state index contributed by atoms with van der Waals surface area (Å²) in [5, 5.41) is 0. The SMILES string of the molecule is C/C=C/CCN=C1CC2CC(C1C)C2(C)C. The van der Waals surface area contributed by atoms with Gasteiger partial charge >= 0.3 is 0 Å². The number of nitrogens with zero attached hydrogens (tertiary/aromatic N) is 1. The topological polar surface area (TPSA) is 12.4 Å². The first kappa shape index (κ1) is 11.9. The van der Waals surface area contributed by atoms with E-state index in [0.29, 0.717) is 5.41 Å². The number of hydrogen-bond acceptors (Lipinski definition) is 1. The van der Waals surface area contributed by atoms with Crippen molar-refractivity contribution in [3.63, 3.8) is 0 Å². The Morgan fingerprint density at radius 3 is 2.75 bits per heavy atom. The van der Waals surface area contributed by atoms with Crippen LogP contribution in [0.4, 0.5) is 0 Å². The molecule has 0 aromatic heterocycles. The molecule has 3 unspecified atom stereocenters. The van der Waals surface area contributed by atoms with Crippen molar-refractivity contribution in [3.05, 3.63) is 12.2 Å². The zero-order valence-electron chi connectivity index (χ0n) is 11.2. The highest BCUT2D eigenvalue weighted by Crippen LogP contribution is 2.60. The van der Waals surface area contributed by atoms with Gasteiger partial charge < -0.3 is 0 Å². The Kier molecular flexibility index (Phi) is 3.23. The van der Waals surface area contributed by atoms with Crippen molar-refractivity contribution in [2.24, 2.45) is 28.2 Å². The van der Waals surface area contributed by atoms with Crippen molar-refractivity contribution in [1.29, 1.82) is 0 Å². The molecule has 3 fully saturated rings. The first-order valence-corrected chi connectivity index (χ1v) is 6.71. The van der Waals surface area contributed by atoms with Crippen molar-refractivity contribution in [3.8, 4) is 0 Å². The lowest BCUT2D eigenvalue weighted by Gasteiger charge is -2.59. The maximum Gasteiger partial charge on any atom is 0.0423 e. The molecule has 0 aliphatic heterocycles. The third-order valence-corrected chi connectivity index (χ3v) is 4.98. The van der Waals surface area contributed by atoms with Gasteiger partial charge in [-0.25, -0.2) is 0 Å². The molecule has 0 radical (unpaired) electrons. The lowest BCUT2D eigenvalue weighted by molar-refractivity contribution is -0.0521. The van der Waals surface area contributed by atoms with E-state index in [0.717, 1.165) is 30.7 Å². The molecular weight excluding hydrogens is 194 g/mol. The molecule has 0 aromatic rings. The summed E-state index contributed by atoms with van der Waals surface area (Å²) in [5.41, 5.74) is 2.09. The molecule has 0 spiro atoms. The van der Waals surface area contributed by atoms with Crippen LogP contribution in [0.25, 0.3) is 0 Å². The van der Waals surface area contributed by atoms with E-state index in [1.165, 1.54) is 18.6 Å². The maximum atomic E-state index is 4.81. The molecule has 0 amide bonds. The maximum absolute atomic E-state index is 4.81. The lowest BCUT2D eigenvalue weighted by atomic mass is 9.45. The van der Waals surface area contributed by atoms with Gasteiger partial charge in [0.15, 0.2) is 0 Å². The van der Waals surface area contributed by atoms with Gasteiger partial charge in [0.05, 0.1) is 0 Å². The van der Waals surface area contributed by atoms with Crippen molar-refractivity contribution in [2.45, 2.75) is 47.0 Å². The lowest BCUT2D eigenvalue weighted by Crippen LogP contribution is -2.55. The van der Waals surface area contributed by atoms with Gasteiger partial charge in [-0.15, -0.1) is 0 Å². The number of aliphatic imine (C=N–C) groups is 1. The molecule has 3 saturated carbocycles. The van der Waals surface area contributed by atoms with Crippen LogP contribution in [0.2, 0.25) is 0 Å².